The maximum absolute atomic E-state index is 10.8. The molecule has 4 N–H and O–H groups in total. The third kappa shape index (κ3) is 1.65. The number of nitrogens with two attached hydrogens (primary N) is 1. The summed E-state index contributed by atoms with van der Waals surface area (Å²) < 4.78 is 0. The minimum absolute atomic E-state index is 0.0613. The van der Waals surface area contributed by atoms with Crippen LogP contribution in [0.3, 0.4) is 0 Å². The molecule has 0 bridgehead atoms. The lowest BCUT2D eigenvalue weighted by Gasteiger charge is -2.00. The molecule has 0 fully saturated rings. The zero-order chi connectivity index (χ0) is 11.7. The Morgan fingerprint density at radius 3 is 2.81 bits per heavy atom. The van der Waals surface area contributed by atoms with E-state index < -0.39 is 4.92 Å². The van der Waals surface area contributed by atoms with E-state index in [4.69, 9.17) is 5.73 Å². The number of aromatic nitrogens is 2. The van der Waals surface area contributed by atoms with Gasteiger partial charge in [0.25, 0.3) is 5.69 Å². The second kappa shape index (κ2) is 3.54. The molecule has 7 heteroatoms. The van der Waals surface area contributed by atoms with E-state index >= 15 is 0 Å². The smallest absolute Gasteiger partial charge is 0.279 e. The van der Waals surface area contributed by atoms with E-state index in [0.29, 0.717) is 5.69 Å². The van der Waals surface area contributed by atoms with Gasteiger partial charge in [-0.15, -0.1) is 0 Å². The van der Waals surface area contributed by atoms with Crippen LogP contribution in [0.1, 0.15) is 0 Å². The Hall–Kier alpha value is -2.57. The van der Waals surface area contributed by atoms with Crippen molar-refractivity contribution in [3.05, 3.63) is 34.5 Å². The average molecular weight is 220 g/mol. The molecule has 7 nitrogen and oxygen atoms in total. The van der Waals surface area contributed by atoms with Crippen LogP contribution >= 0.6 is 0 Å². The Morgan fingerprint density at radius 1 is 1.50 bits per heavy atom. The monoisotopic (exact) mass is 220 g/mol. The van der Waals surface area contributed by atoms with E-state index in [0.717, 1.165) is 0 Å². The molecule has 0 aliphatic carbocycles. The molecule has 1 heterocycles. The van der Waals surface area contributed by atoms with Crippen LogP contribution in [0.4, 0.5) is 11.6 Å². The summed E-state index contributed by atoms with van der Waals surface area (Å²) in [5, 5.41) is 20.1. The molecule has 0 aliphatic rings. The third-order valence-corrected chi connectivity index (χ3v) is 2.06. The van der Waals surface area contributed by atoms with Crippen molar-refractivity contribution in [3.8, 4) is 17.0 Å². The molecule has 0 radical (unpaired) electrons. The zero-order valence-electron chi connectivity index (χ0n) is 8.04. The molecule has 0 aliphatic heterocycles. The van der Waals surface area contributed by atoms with E-state index in [1.54, 1.807) is 0 Å². The van der Waals surface area contributed by atoms with Gasteiger partial charge in [0, 0.05) is 6.07 Å². The molecule has 0 amide bonds. The molecule has 16 heavy (non-hydrogen) atoms. The molecule has 2 rings (SSSR count). The summed E-state index contributed by atoms with van der Waals surface area (Å²) in [5.41, 5.74) is 5.89. The first kappa shape index (κ1) is 9.97. The number of aromatic hydroxyl groups is 1. The SMILES string of the molecule is Nc1ncc(-c2cc(O)ccc2[N+](=O)[O-])[nH]1. The van der Waals surface area contributed by atoms with Crippen molar-refractivity contribution in [2.24, 2.45) is 0 Å². The van der Waals surface area contributed by atoms with Crippen LogP contribution in [0, 0.1) is 10.1 Å². The van der Waals surface area contributed by atoms with Crippen LogP contribution in [0.5, 0.6) is 5.75 Å². The van der Waals surface area contributed by atoms with Gasteiger partial charge >= 0.3 is 0 Å². The van der Waals surface area contributed by atoms with Gasteiger partial charge in [-0.3, -0.25) is 10.1 Å². The number of rotatable bonds is 2. The number of nitro benzene ring substituents is 1. The van der Waals surface area contributed by atoms with Crippen molar-refractivity contribution >= 4 is 11.6 Å². The van der Waals surface area contributed by atoms with Gasteiger partial charge in [-0.2, -0.15) is 0 Å². The molecular formula is C9H8N4O3. The van der Waals surface area contributed by atoms with Gasteiger partial charge in [-0.25, -0.2) is 4.98 Å². The summed E-state index contributed by atoms with van der Waals surface area (Å²) >= 11 is 0. The largest absolute Gasteiger partial charge is 0.508 e. The second-order valence-electron chi connectivity index (χ2n) is 3.14. The number of phenols is 1. The van der Waals surface area contributed by atoms with Gasteiger partial charge < -0.3 is 15.8 Å². The maximum atomic E-state index is 10.8. The van der Waals surface area contributed by atoms with E-state index in [2.05, 4.69) is 9.97 Å². The number of imidazole rings is 1. The van der Waals surface area contributed by atoms with Crippen molar-refractivity contribution in [3.63, 3.8) is 0 Å². The molecule has 0 saturated heterocycles. The van der Waals surface area contributed by atoms with Crippen LogP contribution in [0.2, 0.25) is 0 Å². The Kier molecular flexibility index (Phi) is 2.20. The maximum Gasteiger partial charge on any atom is 0.279 e. The Labute approximate surface area is 89.7 Å². The summed E-state index contributed by atoms with van der Waals surface area (Å²) in [7, 11) is 0. The summed E-state index contributed by atoms with van der Waals surface area (Å²) in [4.78, 5) is 16.6. The number of aromatic amines is 1. The Bertz CT molecular complexity index is 549. The van der Waals surface area contributed by atoms with E-state index in [-0.39, 0.29) is 22.9 Å². The molecule has 0 atom stereocenters. The fourth-order valence-corrected chi connectivity index (χ4v) is 1.37. The average Bonchev–Trinajstić information content (AvgIpc) is 2.64. The number of hydrogen-bond donors (Lipinski definition) is 3. The van der Waals surface area contributed by atoms with E-state index in [1.165, 1.54) is 24.4 Å². The Morgan fingerprint density at radius 2 is 2.25 bits per heavy atom. The highest BCUT2D eigenvalue weighted by Crippen LogP contribution is 2.31. The normalized spacial score (nSPS) is 10.2. The standard InChI is InChI=1S/C9H8N4O3/c10-9-11-4-7(12-9)6-3-5(14)1-2-8(6)13(15)16/h1-4,14H,(H3,10,11,12). The number of hydrogen-bond acceptors (Lipinski definition) is 5. The van der Waals surface area contributed by atoms with Crippen LogP contribution < -0.4 is 5.73 Å². The lowest BCUT2D eigenvalue weighted by molar-refractivity contribution is -0.384. The molecule has 0 unspecified atom stereocenters. The highest BCUT2D eigenvalue weighted by Gasteiger charge is 2.17. The first-order chi connectivity index (χ1) is 7.58. The quantitative estimate of drug-likeness (QED) is 0.520. The zero-order valence-corrected chi connectivity index (χ0v) is 8.04. The predicted octanol–water partition coefficient (Wildman–Crippen LogP) is 1.27. The molecular weight excluding hydrogens is 212 g/mol. The van der Waals surface area contributed by atoms with Crippen molar-refractivity contribution in [1.29, 1.82) is 0 Å². The molecule has 1 aromatic carbocycles. The van der Waals surface area contributed by atoms with Crippen LogP contribution in [-0.2, 0) is 0 Å². The van der Waals surface area contributed by atoms with Gasteiger partial charge in [-0.05, 0) is 12.1 Å². The predicted molar refractivity (Wildman–Crippen MR) is 56.8 cm³/mol. The lowest BCUT2D eigenvalue weighted by Crippen LogP contribution is -1.92. The summed E-state index contributed by atoms with van der Waals surface area (Å²) in [6.45, 7) is 0. The topological polar surface area (TPSA) is 118 Å². The molecule has 1 aromatic heterocycles. The van der Waals surface area contributed by atoms with E-state index in [9.17, 15) is 15.2 Å². The number of nitrogen functional groups attached to an aromatic ring is 1. The summed E-state index contributed by atoms with van der Waals surface area (Å²) in [6, 6.07) is 3.76. The van der Waals surface area contributed by atoms with Gasteiger partial charge in [0.2, 0.25) is 0 Å². The van der Waals surface area contributed by atoms with Crippen molar-refractivity contribution in [2.45, 2.75) is 0 Å². The van der Waals surface area contributed by atoms with Crippen LogP contribution in [0.25, 0.3) is 11.3 Å². The number of nitrogens with one attached hydrogen (secondary N) is 1. The first-order valence-corrected chi connectivity index (χ1v) is 4.36. The minimum atomic E-state index is -0.536. The number of H-pyrrole nitrogens is 1. The van der Waals surface area contributed by atoms with Gasteiger partial charge in [0.1, 0.15) is 5.75 Å². The fourth-order valence-electron chi connectivity index (χ4n) is 1.37. The van der Waals surface area contributed by atoms with Gasteiger partial charge in [0.05, 0.1) is 22.4 Å². The van der Waals surface area contributed by atoms with Crippen LogP contribution in [-0.4, -0.2) is 20.0 Å². The lowest BCUT2D eigenvalue weighted by atomic mass is 10.1. The van der Waals surface area contributed by atoms with Crippen LogP contribution in [0.15, 0.2) is 24.4 Å². The molecule has 0 spiro atoms. The van der Waals surface area contributed by atoms with Gasteiger partial charge in [0.15, 0.2) is 5.95 Å². The van der Waals surface area contributed by atoms with Gasteiger partial charge in [-0.1, -0.05) is 0 Å². The van der Waals surface area contributed by atoms with Crippen molar-refractivity contribution < 1.29 is 10.0 Å². The van der Waals surface area contributed by atoms with E-state index in [1.807, 2.05) is 0 Å². The molecule has 82 valence electrons. The third-order valence-electron chi connectivity index (χ3n) is 2.06. The summed E-state index contributed by atoms with van der Waals surface area (Å²) in [5.74, 6) is 0.0985. The number of nitro groups is 1. The molecule has 2 aromatic rings. The highest BCUT2D eigenvalue weighted by atomic mass is 16.6. The number of benzene rings is 1. The van der Waals surface area contributed by atoms with Crippen molar-refractivity contribution in [1.82, 2.24) is 9.97 Å². The summed E-state index contributed by atoms with van der Waals surface area (Å²) in [6.07, 6.45) is 1.37. The van der Waals surface area contributed by atoms with Crippen molar-refractivity contribution in [2.75, 3.05) is 5.73 Å². The number of phenolic OH excluding ortho intramolecular Hbond substituents is 1. The number of anilines is 1. The molecule has 0 saturated carbocycles. The minimum Gasteiger partial charge on any atom is -0.508 e. The first-order valence-electron chi connectivity index (χ1n) is 4.36. The Balaban J connectivity index is 2.62. The highest BCUT2D eigenvalue weighted by molar-refractivity contribution is 5.72. The number of nitrogens with zero attached hydrogens (tertiary/aromatic N) is 2. The second-order valence-corrected chi connectivity index (χ2v) is 3.14. The fraction of sp³-hybridized carbons (Fsp3) is 0.